The summed E-state index contributed by atoms with van der Waals surface area (Å²) in [5.41, 5.74) is 0. The van der Waals surface area contributed by atoms with Crippen molar-refractivity contribution in [2.45, 2.75) is 20.3 Å². The van der Waals surface area contributed by atoms with E-state index in [2.05, 4.69) is 18.7 Å². The molecule has 0 spiro atoms. The van der Waals surface area contributed by atoms with Gasteiger partial charge in [-0.3, -0.25) is 0 Å². The minimum absolute atomic E-state index is 0.597. The lowest BCUT2D eigenvalue weighted by Gasteiger charge is -2.18. The van der Waals surface area contributed by atoms with Crippen molar-refractivity contribution in [3.05, 3.63) is 0 Å². The zero-order valence-electron chi connectivity index (χ0n) is 8.18. The standard InChI is InChI=1S/C9H20ClNO/c1-3-6-11(4-2)7-9-12-8-5-10/h3-9H2,1-2H3. The summed E-state index contributed by atoms with van der Waals surface area (Å²) in [4.78, 5) is 2.38. The first-order chi connectivity index (χ1) is 5.85. The molecule has 0 aliphatic rings. The van der Waals surface area contributed by atoms with E-state index in [1.54, 1.807) is 0 Å². The predicted octanol–water partition coefficient (Wildman–Crippen LogP) is 1.97. The molecule has 0 N–H and O–H groups in total. The summed E-state index contributed by atoms with van der Waals surface area (Å²) >= 11 is 5.47. The van der Waals surface area contributed by atoms with Crippen molar-refractivity contribution >= 4 is 11.6 Å². The van der Waals surface area contributed by atoms with Gasteiger partial charge in [0.15, 0.2) is 0 Å². The van der Waals surface area contributed by atoms with Crippen molar-refractivity contribution in [2.75, 3.05) is 38.7 Å². The molecule has 2 nitrogen and oxygen atoms in total. The molecule has 0 aliphatic heterocycles. The van der Waals surface area contributed by atoms with Crippen LogP contribution in [-0.4, -0.2) is 43.6 Å². The first-order valence-corrected chi connectivity index (χ1v) is 5.24. The van der Waals surface area contributed by atoms with Crippen molar-refractivity contribution in [3.63, 3.8) is 0 Å². The summed E-state index contributed by atoms with van der Waals surface area (Å²) < 4.78 is 5.29. The molecule has 0 saturated heterocycles. The second-order valence-electron chi connectivity index (χ2n) is 2.74. The summed E-state index contributed by atoms with van der Waals surface area (Å²) in [6.45, 7) is 9.16. The Morgan fingerprint density at radius 1 is 1.17 bits per heavy atom. The van der Waals surface area contributed by atoms with Crippen molar-refractivity contribution in [1.29, 1.82) is 0 Å². The van der Waals surface area contributed by atoms with E-state index >= 15 is 0 Å². The lowest BCUT2D eigenvalue weighted by molar-refractivity contribution is 0.116. The van der Waals surface area contributed by atoms with Gasteiger partial charge in [-0.1, -0.05) is 13.8 Å². The molecule has 0 fully saturated rings. The zero-order valence-corrected chi connectivity index (χ0v) is 8.94. The molecule has 3 heteroatoms. The minimum Gasteiger partial charge on any atom is -0.379 e. The number of alkyl halides is 1. The number of halogens is 1. The third kappa shape index (κ3) is 6.89. The highest BCUT2D eigenvalue weighted by Gasteiger charge is 1.98. The summed E-state index contributed by atoms with van der Waals surface area (Å²) in [6, 6.07) is 0. The van der Waals surface area contributed by atoms with Crippen LogP contribution in [0.3, 0.4) is 0 Å². The van der Waals surface area contributed by atoms with Gasteiger partial charge in [-0.15, -0.1) is 11.6 Å². The van der Waals surface area contributed by atoms with E-state index in [9.17, 15) is 0 Å². The smallest absolute Gasteiger partial charge is 0.0602 e. The third-order valence-electron chi connectivity index (χ3n) is 1.76. The highest BCUT2D eigenvalue weighted by atomic mass is 35.5. The van der Waals surface area contributed by atoms with Gasteiger partial charge in [0, 0.05) is 12.4 Å². The molecule has 0 aromatic rings. The molecule has 0 saturated carbocycles. The van der Waals surface area contributed by atoms with Crippen molar-refractivity contribution in [1.82, 2.24) is 4.90 Å². The van der Waals surface area contributed by atoms with Crippen LogP contribution in [0.4, 0.5) is 0 Å². The minimum atomic E-state index is 0.597. The maximum atomic E-state index is 5.47. The molecule has 0 amide bonds. The van der Waals surface area contributed by atoms with Crippen LogP contribution >= 0.6 is 11.6 Å². The largest absolute Gasteiger partial charge is 0.379 e. The number of likely N-dealkylation sites (N-methyl/N-ethyl adjacent to an activating group) is 1. The normalized spacial score (nSPS) is 11.0. The molecule has 74 valence electrons. The zero-order chi connectivity index (χ0) is 9.23. The van der Waals surface area contributed by atoms with Gasteiger partial charge >= 0.3 is 0 Å². The molecule has 0 atom stereocenters. The molecular formula is C9H20ClNO. The van der Waals surface area contributed by atoms with E-state index in [1.807, 2.05) is 0 Å². The Balaban J connectivity index is 3.19. The highest BCUT2D eigenvalue weighted by molar-refractivity contribution is 6.17. The number of rotatable bonds is 8. The first kappa shape index (κ1) is 12.2. The molecule has 0 heterocycles. The van der Waals surface area contributed by atoms with Crippen LogP contribution in [0.5, 0.6) is 0 Å². The SMILES string of the molecule is CCCN(CC)CCOCCCl. The molecule has 0 aromatic heterocycles. The molecule has 0 aromatic carbocycles. The van der Waals surface area contributed by atoms with E-state index in [1.165, 1.54) is 13.0 Å². The Bertz CT molecular complexity index is 90.6. The van der Waals surface area contributed by atoms with Crippen LogP contribution < -0.4 is 0 Å². The van der Waals surface area contributed by atoms with E-state index in [-0.39, 0.29) is 0 Å². The summed E-state index contributed by atoms with van der Waals surface area (Å²) in [7, 11) is 0. The van der Waals surface area contributed by atoms with Crippen molar-refractivity contribution in [3.8, 4) is 0 Å². The van der Waals surface area contributed by atoms with Gasteiger partial charge in [0.25, 0.3) is 0 Å². The van der Waals surface area contributed by atoms with Gasteiger partial charge in [-0.2, -0.15) is 0 Å². The van der Waals surface area contributed by atoms with Crippen LogP contribution in [0.1, 0.15) is 20.3 Å². The Morgan fingerprint density at radius 3 is 2.42 bits per heavy atom. The Morgan fingerprint density at radius 2 is 1.92 bits per heavy atom. The fourth-order valence-electron chi connectivity index (χ4n) is 1.09. The Hall–Kier alpha value is 0.210. The van der Waals surface area contributed by atoms with E-state index in [4.69, 9.17) is 16.3 Å². The number of nitrogens with zero attached hydrogens (tertiary/aromatic N) is 1. The second kappa shape index (κ2) is 9.30. The van der Waals surface area contributed by atoms with Gasteiger partial charge in [-0.05, 0) is 19.5 Å². The summed E-state index contributed by atoms with van der Waals surface area (Å²) in [6.07, 6.45) is 1.21. The van der Waals surface area contributed by atoms with Crippen LogP contribution in [0.25, 0.3) is 0 Å². The topological polar surface area (TPSA) is 12.5 Å². The lowest BCUT2D eigenvalue weighted by Crippen LogP contribution is -2.28. The fraction of sp³-hybridized carbons (Fsp3) is 1.00. The molecule has 0 aliphatic carbocycles. The van der Waals surface area contributed by atoms with Crippen molar-refractivity contribution < 1.29 is 4.74 Å². The molecule has 0 radical (unpaired) electrons. The fourth-order valence-corrected chi connectivity index (χ4v) is 1.20. The van der Waals surface area contributed by atoms with Gasteiger partial charge in [-0.25, -0.2) is 0 Å². The van der Waals surface area contributed by atoms with Crippen molar-refractivity contribution in [2.24, 2.45) is 0 Å². The van der Waals surface area contributed by atoms with Gasteiger partial charge in [0.2, 0.25) is 0 Å². The number of hydrogen-bond donors (Lipinski definition) is 0. The van der Waals surface area contributed by atoms with E-state index < -0.39 is 0 Å². The van der Waals surface area contributed by atoms with Crippen LogP contribution in [-0.2, 0) is 4.74 Å². The van der Waals surface area contributed by atoms with Gasteiger partial charge in [0.05, 0.1) is 13.2 Å². The van der Waals surface area contributed by atoms with Crippen LogP contribution in [0.15, 0.2) is 0 Å². The molecular weight excluding hydrogens is 174 g/mol. The monoisotopic (exact) mass is 193 g/mol. The van der Waals surface area contributed by atoms with E-state index in [0.29, 0.717) is 12.5 Å². The highest BCUT2D eigenvalue weighted by Crippen LogP contribution is 1.90. The lowest BCUT2D eigenvalue weighted by atomic mass is 10.4. The number of hydrogen-bond acceptors (Lipinski definition) is 2. The molecule has 0 rings (SSSR count). The average Bonchev–Trinajstić information content (AvgIpc) is 2.10. The maximum Gasteiger partial charge on any atom is 0.0602 e. The molecule has 0 unspecified atom stereocenters. The van der Waals surface area contributed by atoms with Gasteiger partial charge < -0.3 is 9.64 Å². The Labute approximate surface area is 80.8 Å². The Kier molecular flexibility index (Phi) is 9.46. The van der Waals surface area contributed by atoms with Crippen LogP contribution in [0, 0.1) is 0 Å². The third-order valence-corrected chi connectivity index (χ3v) is 1.91. The predicted molar refractivity (Wildman–Crippen MR) is 53.9 cm³/mol. The summed E-state index contributed by atoms with van der Waals surface area (Å²) in [5, 5.41) is 0. The molecule has 12 heavy (non-hydrogen) atoms. The summed E-state index contributed by atoms with van der Waals surface area (Å²) in [5.74, 6) is 0.597. The number of ether oxygens (including phenoxy) is 1. The van der Waals surface area contributed by atoms with Crippen LogP contribution in [0.2, 0.25) is 0 Å². The van der Waals surface area contributed by atoms with E-state index in [0.717, 1.165) is 19.7 Å². The molecule has 0 bridgehead atoms. The average molecular weight is 194 g/mol. The van der Waals surface area contributed by atoms with Gasteiger partial charge in [0.1, 0.15) is 0 Å². The maximum absolute atomic E-state index is 5.47. The first-order valence-electron chi connectivity index (χ1n) is 4.71. The quantitative estimate of drug-likeness (QED) is 0.432. The second-order valence-corrected chi connectivity index (χ2v) is 3.11.